The lowest BCUT2D eigenvalue weighted by atomic mass is 9.93. The van der Waals surface area contributed by atoms with Gasteiger partial charge >= 0.3 is 6.03 Å². The number of nitrogens with one attached hydrogen (secondary N) is 2. The van der Waals surface area contributed by atoms with Crippen molar-refractivity contribution in [1.82, 2.24) is 25.4 Å². The van der Waals surface area contributed by atoms with E-state index in [0.29, 0.717) is 6.54 Å². The Hall–Kier alpha value is -2.61. The Morgan fingerprint density at radius 1 is 1.37 bits per heavy atom. The molecule has 3 heterocycles. The van der Waals surface area contributed by atoms with Crippen LogP contribution in [-0.2, 0) is 24.8 Å². The molecule has 0 aromatic carbocycles. The normalized spacial score (nSPS) is 19.4. The Bertz CT molecular complexity index is 799. The molecule has 0 radical (unpaired) electrons. The SMILES string of the molecule is Cn1ncc2c1CCCC2NC(=O)NCc1ccnc(N2CCOCC2)c1. The highest BCUT2D eigenvalue weighted by Crippen LogP contribution is 2.28. The zero-order valence-electron chi connectivity index (χ0n) is 15.6. The third-order valence-electron chi connectivity index (χ3n) is 5.28. The Kier molecular flexibility index (Phi) is 5.24. The maximum Gasteiger partial charge on any atom is 0.315 e. The molecule has 1 aliphatic carbocycles. The lowest BCUT2D eigenvalue weighted by molar-refractivity contribution is 0.122. The van der Waals surface area contributed by atoms with E-state index in [1.807, 2.05) is 30.1 Å². The average Bonchev–Trinajstić information content (AvgIpc) is 3.09. The minimum atomic E-state index is -0.151. The van der Waals surface area contributed by atoms with E-state index in [4.69, 9.17) is 4.74 Å². The summed E-state index contributed by atoms with van der Waals surface area (Å²) in [5.74, 6) is 0.935. The van der Waals surface area contributed by atoms with Gasteiger partial charge in [0.15, 0.2) is 0 Å². The first kappa shape index (κ1) is 17.8. The van der Waals surface area contributed by atoms with Gasteiger partial charge in [-0.05, 0) is 37.0 Å². The number of ether oxygens (including phenoxy) is 1. The minimum absolute atomic E-state index is 0.0313. The van der Waals surface area contributed by atoms with E-state index in [2.05, 4.69) is 25.6 Å². The lowest BCUT2D eigenvalue weighted by Gasteiger charge is -2.28. The van der Waals surface area contributed by atoms with Crippen molar-refractivity contribution in [3.8, 4) is 0 Å². The van der Waals surface area contributed by atoms with Crippen LogP contribution >= 0.6 is 0 Å². The molecule has 0 saturated carbocycles. The zero-order valence-corrected chi connectivity index (χ0v) is 15.6. The van der Waals surface area contributed by atoms with Gasteiger partial charge < -0.3 is 20.3 Å². The molecule has 144 valence electrons. The molecule has 8 nitrogen and oxygen atoms in total. The maximum atomic E-state index is 12.4. The number of anilines is 1. The number of amides is 2. The van der Waals surface area contributed by atoms with Crippen LogP contribution in [0.1, 0.15) is 35.7 Å². The molecule has 8 heteroatoms. The van der Waals surface area contributed by atoms with Crippen LogP contribution in [0.5, 0.6) is 0 Å². The van der Waals surface area contributed by atoms with Gasteiger partial charge in [-0.15, -0.1) is 0 Å². The van der Waals surface area contributed by atoms with Gasteiger partial charge in [0.1, 0.15) is 5.82 Å². The second kappa shape index (κ2) is 7.96. The van der Waals surface area contributed by atoms with Crippen LogP contribution in [0.2, 0.25) is 0 Å². The van der Waals surface area contributed by atoms with Crippen LogP contribution in [0.25, 0.3) is 0 Å². The third kappa shape index (κ3) is 4.05. The van der Waals surface area contributed by atoms with Crippen molar-refractivity contribution in [2.24, 2.45) is 7.05 Å². The standard InChI is InChI=1S/C19H26N6O2/c1-24-17-4-2-3-16(15(17)13-22-24)23-19(26)21-12-14-5-6-20-18(11-14)25-7-9-27-10-8-25/h5-6,11,13,16H,2-4,7-10,12H2,1H3,(H2,21,23,26). The van der Waals surface area contributed by atoms with Gasteiger partial charge in [0, 0.05) is 44.1 Å². The van der Waals surface area contributed by atoms with Crippen molar-refractivity contribution in [2.45, 2.75) is 31.8 Å². The van der Waals surface area contributed by atoms with E-state index < -0.39 is 0 Å². The number of nitrogens with zero attached hydrogens (tertiary/aromatic N) is 4. The molecule has 2 aromatic rings. The van der Waals surface area contributed by atoms with Gasteiger partial charge in [-0.1, -0.05) is 0 Å². The van der Waals surface area contributed by atoms with Crippen molar-refractivity contribution >= 4 is 11.8 Å². The number of hydrogen-bond donors (Lipinski definition) is 2. The third-order valence-corrected chi connectivity index (χ3v) is 5.28. The number of fused-ring (bicyclic) bond motifs is 1. The predicted molar refractivity (Wildman–Crippen MR) is 102 cm³/mol. The largest absolute Gasteiger partial charge is 0.378 e. The maximum absolute atomic E-state index is 12.4. The average molecular weight is 370 g/mol. The molecular weight excluding hydrogens is 344 g/mol. The van der Waals surface area contributed by atoms with Gasteiger partial charge in [0.25, 0.3) is 0 Å². The van der Waals surface area contributed by atoms with Crippen molar-refractivity contribution in [2.75, 3.05) is 31.2 Å². The first-order chi connectivity index (χ1) is 13.2. The summed E-state index contributed by atoms with van der Waals surface area (Å²) in [6.07, 6.45) is 6.69. The summed E-state index contributed by atoms with van der Waals surface area (Å²) in [6, 6.07) is 3.85. The summed E-state index contributed by atoms with van der Waals surface area (Å²) < 4.78 is 7.30. The first-order valence-corrected chi connectivity index (χ1v) is 9.53. The molecule has 2 aliphatic rings. The van der Waals surface area contributed by atoms with Crippen LogP contribution in [0, 0.1) is 0 Å². The molecule has 0 bridgehead atoms. The number of aromatic nitrogens is 3. The molecule has 0 spiro atoms. The Balaban J connectivity index is 1.33. The quantitative estimate of drug-likeness (QED) is 0.853. The number of carbonyl (C=O) groups is 1. The number of aryl methyl sites for hydroxylation is 1. The molecule has 4 rings (SSSR count). The fourth-order valence-electron chi connectivity index (χ4n) is 3.78. The van der Waals surface area contributed by atoms with Gasteiger partial charge in [-0.25, -0.2) is 9.78 Å². The fraction of sp³-hybridized carbons (Fsp3) is 0.526. The van der Waals surface area contributed by atoms with Crippen LogP contribution in [0.15, 0.2) is 24.5 Å². The highest BCUT2D eigenvalue weighted by molar-refractivity contribution is 5.74. The van der Waals surface area contributed by atoms with Gasteiger partial charge in [-0.3, -0.25) is 4.68 Å². The Labute approximate surface area is 158 Å². The number of morpholine rings is 1. The Morgan fingerprint density at radius 3 is 3.07 bits per heavy atom. The van der Waals surface area contributed by atoms with Crippen molar-refractivity contribution in [1.29, 1.82) is 0 Å². The highest BCUT2D eigenvalue weighted by atomic mass is 16.5. The molecule has 1 unspecified atom stereocenters. The minimum Gasteiger partial charge on any atom is -0.378 e. The van der Waals surface area contributed by atoms with E-state index in [1.165, 1.54) is 5.69 Å². The number of urea groups is 1. The summed E-state index contributed by atoms with van der Waals surface area (Å²) >= 11 is 0. The lowest BCUT2D eigenvalue weighted by Crippen LogP contribution is -2.39. The summed E-state index contributed by atoms with van der Waals surface area (Å²) in [5.41, 5.74) is 3.39. The molecule has 1 fully saturated rings. The van der Waals surface area contributed by atoms with E-state index in [1.54, 1.807) is 6.20 Å². The summed E-state index contributed by atoms with van der Waals surface area (Å²) in [4.78, 5) is 19.0. The first-order valence-electron chi connectivity index (χ1n) is 9.53. The zero-order chi connectivity index (χ0) is 18.6. The van der Waals surface area contributed by atoms with E-state index in [9.17, 15) is 4.79 Å². The second-order valence-corrected chi connectivity index (χ2v) is 7.06. The van der Waals surface area contributed by atoms with Gasteiger partial charge in [0.2, 0.25) is 0 Å². The van der Waals surface area contributed by atoms with E-state index in [-0.39, 0.29) is 12.1 Å². The molecule has 1 saturated heterocycles. The summed E-state index contributed by atoms with van der Waals surface area (Å²) in [6.45, 7) is 3.62. The number of carbonyl (C=O) groups excluding carboxylic acids is 1. The van der Waals surface area contributed by atoms with Crippen molar-refractivity contribution in [3.63, 3.8) is 0 Å². The number of pyridine rings is 1. The van der Waals surface area contributed by atoms with Crippen molar-refractivity contribution < 1.29 is 9.53 Å². The number of rotatable bonds is 4. The second-order valence-electron chi connectivity index (χ2n) is 7.06. The monoisotopic (exact) mass is 370 g/mol. The number of hydrogen-bond acceptors (Lipinski definition) is 5. The van der Waals surface area contributed by atoms with E-state index in [0.717, 1.165) is 62.5 Å². The topological polar surface area (TPSA) is 84.3 Å². The van der Waals surface area contributed by atoms with Crippen LogP contribution in [0.3, 0.4) is 0 Å². The molecular formula is C19H26N6O2. The fourth-order valence-corrected chi connectivity index (χ4v) is 3.78. The molecule has 2 N–H and O–H groups in total. The highest BCUT2D eigenvalue weighted by Gasteiger charge is 2.24. The summed E-state index contributed by atoms with van der Waals surface area (Å²) in [5, 5.41) is 10.4. The van der Waals surface area contributed by atoms with Gasteiger partial charge in [0.05, 0.1) is 25.5 Å². The molecule has 2 amide bonds. The smallest absolute Gasteiger partial charge is 0.315 e. The predicted octanol–water partition coefficient (Wildman–Crippen LogP) is 1.53. The molecule has 2 aromatic heterocycles. The molecule has 1 aliphatic heterocycles. The molecule has 1 atom stereocenters. The van der Waals surface area contributed by atoms with Crippen LogP contribution in [0.4, 0.5) is 10.6 Å². The van der Waals surface area contributed by atoms with Gasteiger partial charge in [-0.2, -0.15) is 5.10 Å². The van der Waals surface area contributed by atoms with Crippen LogP contribution < -0.4 is 15.5 Å². The Morgan fingerprint density at radius 2 is 2.22 bits per heavy atom. The van der Waals surface area contributed by atoms with E-state index >= 15 is 0 Å². The molecule has 27 heavy (non-hydrogen) atoms. The van der Waals surface area contributed by atoms with Crippen LogP contribution in [-0.4, -0.2) is 47.1 Å². The summed E-state index contributed by atoms with van der Waals surface area (Å²) in [7, 11) is 1.96. The van der Waals surface area contributed by atoms with Crippen molar-refractivity contribution in [3.05, 3.63) is 41.3 Å².